The first-order valence-corrected chi connectivity index (χ1v) is 5.78. The van der Waals surface area contributed by atoms with Crippen molar-refractivity contribution in [2.75, 3.05) is 11.9 Å². The van der Waals surface area contributed by atoms with Crippen LogP contribution in [0.4, 0.5) is 11.4 Å². The Morgan fingerprint density at radius 2 is 2.17 bits per heavy atom. The first kappa shape index (κ1) is 14.2. The van der Waals surface area contributed by atoms with Gasteiger partial charge >= 0.3 is 5.97 Å². The molecule has 0 bridgehead atoms. The van der Waals surface area contributed by atoms with Gasteiger partial charge in [0.25, 0.3) is 5.69 Å². The number of anilines is 1. The number of nitro benzene ring substituents is 1. The second-order valence-corrected chi connectivity index (χ2v) is 4.11. The lowest BCUT2D eigenvalue weighted by Crippen LogP contribution is -2.03. The van der Waals surface area contributed by atoms with E-state index in [-0.39, 0.29) is 17.1 Å². The van der Waals surface area contributed by atoms with Crippen LogP contribution in [-0.2, 0) is 4.79 Å². The van der Waals surface area contributed by atoms with Gasteiger partial charge in [0.2, 0.25) is 0 Å². The normalized spacial score (nSPS) is 10.1. The van der Waals surface area contributed by atoms with Crippen LogP contribution in [-0.4, -0.2) is 22.5 Å². The molecule has 1 rings (SSSR count). The molecule has 0 aliphatic carbocycles. The number of unbranched alkanes of at least 4 members (excludes halogenated alkanes) is 1. The first-order valence-electron chi connectivity index (χ1n) is 5.40. The molecular weight excluding hydrogens is 260 g/mol. The topological polar surface area (TPSA) is 92.5 Å². The molecule has 6 nitrogen and oxygen atoms in total. The summed E-state index contributed by atoms with van der Waals surface area (Å²) in [6.45, 7) is 0.562. The summed E-state index contributed by atoms with van der Waals surface area (Å²) in [7, 11) is 0. The summed E-state index contributed by atoms with van der Waals surface area (Å²) < 4.78 is 0. The molecule has 0 heterocycles. The molecule has 2 N–H and O–H groups in total. The van der Waals surface area contributed by atoms with E-state index in [2.05, 4.69) is 5.32 Å². The van der Waals surface area contributed by atoms with Gasteiger partial charge < -0.3 is 10.4 Å². The Morgan fingerprint density at radius 1 is 1.44 bits per heavy atom. The monoisotopic (exact) mass is 272 g/mol. The Bertz CT molecular complexity index is 451. The van der Waals surface area contributed by atoms with Gasteiger partial charge in [-0.2, -0.15) is 0 Å². The highest BCUT2D eigenvalue weighted by Gasteiger charge is 2.12. The molecule has 98 valence electrons. The van der Waals surface area contributed by atoms with Gasteiger partial charge in [-0.05, 0) is 25.0 Å². The Hall–Kier alpha value is -1.82. The third-order valence-electron chi connectivity index (χ3n) is 2.29. The number of aliphatic carboxylic acids is 1. The van der Waals surface area contributed by atoms with Crippen molar-refractivity contribution >= 4 is 28.9 Å². The molecular formula is C11H13ClN2O4. The van der Waals surface area contributed by atoms with Gasteiger partial charge in [-0.3, -0.25) is 14.9 Å². The van der Waals surface area contributed by atoms with E-state index in [9.17, 15) is 14.9 Å². The maximum Gasteiger partial charge on any atom is 0.303 e. The fourth-order valence-corrected chi connectivity index (χ4v) is 1.58. The molecule has 0 saturated heterocycles. The molecule has 0 aliphatic heterocycles. The third kappa shape index (κ3) is 4.58. The Balaban J connectivity index is 2.45. The quantitative estimate of drug-likeness (QED) is 0.452. The van der Waals surface area contributed by atoms with Gasteiger partial charge in [0, 0.05) is 24.7 Å². The number of nitrogens with one attached hydrogen (secondary N) is 1. The summed E-state index contributed by atoms with van der Waals surface area (Å²) in [5.41, 5.74) is 0.452. The average Bonchev–Trinajstić information content (AvgIpc) is 2.30. The summed E-state index contributed by atoms with van der Waals surface area (Å²) in [5, 5.41) is 22.2. The zero-order valence-corrected chi connectivity index (χ0v) is 10.3. The van der Waals surface area contributed by atoms with Gasteiger partial charge in [0.05, 0.1) is 4.92 Å². The van der Waals surface area contributed by atoms with Crippen LogP contribution in [0.1, 0.15) is 19.3 Å². The predicted molar refractivity (Wildman–Crippen MR) is 68.1 cm³/mol. The number of hydrogen-bond acceptors (Lipinski definition) is 4. The lowest BCUT2D eigenvalue weighted by atomic mass is 10.2. The number of rotatable bonds is 7. The molecule has 0 saturated carbocycles. The standard InChI is InChI=1S/C11H13ClN2O4/c12-9-5-4-8(7-10(9)14(17)18)13-6-2-1-3-11(15)16/h4-5,7,13H,1-3,6H2,(H,15,16). The van der Waals surface area contributed by atoms with Crippen molar-refractivity contribution in [3.05, 3.63) is 33.3 Å². The van der Waals surface area contributed by atoms with Gasteiger partial charge in [0.15, 0.2) is 0 Å². The Labute approximate surface area is 109 Å². The van der Waals surface area contributed by atoms with Crippen molar-refractivity contribution in [3.8, 4) is 0 Å². The van der Waals surface area contributed by atoms with Crippen molar-refractivity contribution in [2.24, 2.45) is 0 Å². The summed E-state index contributed by atoms with van der Waals surface area (Å²) in [5.74, 6) is -0.822. The lowest BCUT2D eigenvalue weighted by molar-refractivity contribution is -0.384. The highest BCUT2D eigenvalue weighted by atomic mass is 35.5. The van der Waals surface area contributed by atoms with Crippen LogP contribution in [0, 0.1) is 10.1 Å². The Morgan fingerprint density at radius 3 is 2.78 bits per heavy atom. The number of carboxylic acids is 1. The molecule has 0 radical (unpaired) electrons. The van der Waals surface area contributed by atoms with E-state index in [1.54, 1.807) is 6.07 Å². The van der Waals surface area contributed by atoms with Crippen LogP contribution in [0.5, 0.6) is 0 Å². The van der Waals surface area contributed by atoms with E-state index >= 15 is 0 Å². The number of halogens is 1. The lowest BCUT2D eigenvalue weighted by Gasteiger charge is -2.06. The molecule has 7 heteroatoms. The maximum atomic E-state index is 10.7. The van der Waals surface area contributed by atoms with E-state index in [1.807, 2.05) is 0 Å². The van der Waals surface area contributed by atoms with Crippen LogP contribution < -0.4 is 5.32 Å². The molecule has 0 spiro atoms. The molecule has 0 atom stereocenters. The van der Waals surface area contributed by atoms with Crippen molar-refractivity contribution in [1.29, 1.82) is 0 Å². The number of hydrogen-bond donors (Lipinski definition) is 2. The number of nitro groups is 1. The summed E-state index contributed by atoms with van der Waals surface area (Å²) in [6.07, 6.45) is 1.38. The smallest absolute Gasteiger partial charge is 0.303 e. The van der Waals surface area contributed by atoms with Gasteiger partial charge in [0.1, 0.15) is 5.02 Å². The molecule has 0 aliphatic rings. The van der Waals surface area contributed by atoms with Crippen LogP contribution in [0.25, 0.3) is 0 Å². The average molecular weight is 273 g/mol. The van der Waals surface area contributed by atoms with Crippen LogP contribution in [0.2, 0.25) is 5.02 Å². The fourth-order valence-electron chi connectivity index (χ4n) is 1.40. The van der Waals surface area contributed by atoms with E-state index in [4.69, 9.17) is 16.7 Å². The van der Waals surface area contributed by atoms with Crippen molar-refractivity contribution in [2.45, 2.75) is 19.3 Å². The number of carbonyl (C=O) groups is 1. The molecule has 1 aromatic rings. The third-order valence-corrected chi connectivity index (χ3v) is 2.61. The first-order chi connectivity index (χ1) is 8.50. The second kappa shape index (κ2) is 6.80. The predicted octanol–water partition coefficient (Wildman–Crippen LogP) is 2.92. The van der Waals surface area contributed by atoms with E-state index < -0.39 is 10.9 Å². The van der Waals surface area contributed by atoms with Gasteiger partial charge in [-0.15, -0.1) is 0 Å². The van der Waals surface area contributed by atoms with E-state index in [0.717, 1.165) is 0 Å². The highest BCUT2D eigenvalue weighted by molar-refractivity contribution is 6.32. The Kier molecular flexibility index (Phi) is 5.38. The minimum atomic E-state index is -0.822. The molecule has 18 heavy (non-hydrogen) atoms. The summed E-state index contributed by atoms with van der Waals surface area (Å²) in [4.78, 5) is 20.4. The fraction of sp³-hybridized carbons (Fsp3) is 0.364. The highest BCUT2D eigenvalue weighted by Crippen LogP contribution is 2.27. The zero-order chi connectivity index (χ0) is 13.5. The molecule has 0 fully saturated rings. The maximum absolute atomic E-state index is 10.7. The minimum Gasteiger partial charge on any atom is -0.481 e. The largest absolute Gasteiger partial charge is 0.481 e. The van der Waals surface area contributed by atoms with Crippen molar-refractivity contribution in [3.63, 3.8) is 0 Å². The van der Waals surface area contributed by atoms with Crippen LogP contribution >= 0.6 is 11.6 Å². The number of carboxylic acid groups (broad SMARTS) is 1. The van der Waals surface area contributed by atoms with Crippen molar-refractivity contribution in [1.82, 2.24) is 0 Å². The molecule has 0 amide bonds. The van der Waals surface area contributed by atoms with Gasteiger partial charge in [-0.25, -0.2) is 0 Å². The van der Waals surface area contributed by atoms with E-state index in [0.29, 0.717) is 25.1 Å². The van der Waals surface area contributed by atoms with Crippen molar-refractivity contribution < 1.29 is 14.8 Å². The summed E-state index contributed by atoms with van der Waals surface area (Å²) in [6, 6.07) is 4.46. The number of benzene rings is 1. The molecule has 0 aromatic heterocycles. The second-order valence-electron chi connectivity index (χ2n) is 3.70. The number of nitrogens with zero attached hydrogens (tertiary/aromatic N) is 1. The van der Waals surface area contributed by atoms with Gasteiger partial charge in [-0.1, -0.05) is 11.6 Å². The zero-order valence-electron chi connectivity index (χ0n) is 9.56. The van der Waals surface area contributed by atoms with Crippen LogP contribution in [0.3, 0.4) is 0 Å². The SMILES string of the molecule is O=C(O)CCCCNc1ccc(Cl)c([N+](=O)[O-])c1. The minimum absolute atomic E-state index is 0.0939. The van der Waals surface area contributed by atoms with E-state index in [1.165, 1.54) is 12.1 Å². The molecule has 0 unspecified atom stereocenters. The van der Waals surface area contributed by atoms with Crippen LogP contribution in [0.15, 0.2) is 18.2 Å². The molecule has 1 aromatic carbocycles. The summed E-state index contributed by atoms with van der Waals surface area (Å²) >= 11 is 5.68.